The molecule has 0 saturated heterocycles. The van der Waals surface area contributed by atoms with E-state index in [1.807, 2.05) is 56.3 Å². The molecule has 2 aliphatic rings. The van der Waals surface area contributed by atoms with Crippen LogP contribution in [0.15, 0.2) is 83.3 Å². The van der Waals surface area contributed by atoms with Crippen molar-refractivity contribution < 1.29 is 22.7 Å². The quantitative estimate of drug-likeness (QED) is 0.388. The first-order valence-electron chi connectivity index (χ1n) is 11.3. The predicted octanol–water partition coefficient (Wildman–Crippen LogP) is 4.90. The van der Waals surface area contributed by atoms with E-state index in [1.165, 1.54) is 4.31 Å². The molecule has 0 N–H and O–H groups in total. The van der Waals surface area contributed by atoms with Crippen LogP contribution in [0.25, 0.3) is 5.70 Å². The second kappa shape index (κ2) is 8.65. The minimum absolute atomic E-state index is 0.189. The van der Waals surface area contributed by atoms with Gasteiger partial charge in [-0.2, -0.15) is 0 Å². The largest absolute Gasteiger partial charge is 0.490 e. The molecule has 3 aromatic rings. The van der Waals surface area contributed by atoms with E-state index < -0.39 is 16.0 Å². The first-order chi connectivity index (χ1) is 16.4. The molecule has 0 fully saturated rings. The van der Waals surface area contributed by atoms with Gasteiger partial charge in [0.05, 0.1) is 22.8 Å². The summed E-state index contributed by atoms with van der Waals surface area (Å²) in [7, 11) is -3.90. The van der Waals surface area contributed by atoms with Crippen molar-refractivity contribution in [3.63, 3.8) is 0 Å². The second-order valence-corrected chi connectivity index (χ2v) is 10.2. The van der Waals surface area contributed by atoms with Gasteiger partial charge < -0.3 is 9.47 Å². The number of fused-ring (bicyclic) bond motifs is 3. The number of carbonyl (C=O) groups is 1. The van der Waals surface area contributed by atoms with Crippen molar-refractivity contribution in [3.05, 3.63) is 95.1 Å². The smallest absolute Gasteiger partial charge is 0.342 e. The first kappa shape index (κ1) is 22.2. The molecule has 0 bridgehead atoms. The van der Waals surface area contributed by atoms with E-state index in [4.69, 9.17) is 9.47 Å². The fraction of sp³-hybridized carbons (Fsp3) is 0.222. The number of para-hydroxylation sites is 1. The second-order valence-electron chi connectivity index (χ2n) is 8.36. The van der Waals surface area contributed by atoms with Crippen LogP contribution in [0.1, 0.15) is 36.0 Å². The average molecular weight is 476 g/mol. The zero-order chi connectivity index (χ0) is 23.9. The van der Waals surface area contributed by atoms with Crippen molar-refractivity contribution in [2.45, 2.75) is 31.1 Å². The molecule has 174 valence electrons. The molecule has 34 heavy (non-hydrogen) atoms. The zero-order valence-electron chi connectivity index (χ0n) is 19.0. The van der Waals surface area contributed by atoms with Crippen LogP contribution in [0.5, 0.6) is 11.5 Å². The van der Waals surface area contributed by atoms with Gasteiger partial charge in [0.2, 0.25) is 0 Å². The standard InChI is InChI=1S/C27H25NO5S/c1-3-32-23-11-7-10-22-21-16-17-28(34(30,31)20-14-12-18(2)13-15-20)25(19-8-5-4-6-9-19)24(21)27(29)33-26(22)23/h4-15,21H,3,16-17H2,1-2H3/t21-/m0/s1. The molecule has 3 aromatic carbocycles. The summed E-state index contributed by atoms with van der Waals surface area (Å²) in [6, 6.07) is 21.5. The van der Waals surface area contributed by atoms with Crippen LogP contribution in [0.3, 0.4) is 0 Å². The number of hydrogen-bond acceptors (Lipinski definition) is 5. The number of rotatable bonds is 5. The lowest BCUT2D eigenvalue weighted by Crippen LogP contribution is -2.40. The summed E-state index contributed by atoms with van der Waals surface area (Å²) < 4.78 is 40.4. The third-order valence-electron chi connectivity index (χ3n) is 6.23. The van der Waals surface area contributed by atoms with Gasteiger partial charge in [0.1, 0.15) is 0 Å². The van der Waals surface area contributed by atoms with Gasteiger partial charge >= 0.3 is 5.97 Å². The van der Waals surface area contributed by atoms with E-state index in [9.17, 15) is 13.2 Å². The molecule has 0 saturated carbocycles. The van der Waals surface area contributed by atoms with Crippen LogP contribution in [-0.2, 0) is 14.8 Å². The van der Waals surface area contributed by atoms with Crippen LogP contribution < -0.4 is 9.47 Å². The number of sulfonamides is 1. The van der Waals surface area contributed by atoms with Gasteiger partial charge in [0.25, 0.3) is 10.0 Å². The van der Waals surface area contributed by atoms with Crippen molar-refractivity contribution >= 4 is 21.7 Å². The Morgan fingerprint density at radius 2 is 1.74 bits per heavy atom. The van der Waals surface area contributed by atoms with Crippen LogP contribution in [0.2, 0.25) is 0 Å². The van der Waals surface area contributed by atoms with Crippen LogP contribution in [0, 0.1) is 6.92 Å². The Morgan fingerprint density at radius 3 is 2.44 bits per heavy atom. The number of esters is 1. The maximum absolute atomic E-state index is 13.8. The monoisotopic (exact) mass is 475 g/mol. The summed E-state index contributed by atoms with van der Waals surface area (Å²) in [5.74, 6) is 0.0948. The highest BCUT2D eigenvalue weighted by molar-refractivity contribution is 7.89. The Bertz CT molecular complexity index is 1380. The molecule has 0 amide bonds. The number of benzene rings is 3. The van der Waals surface area contributed by atoms with E-state index in [0.29, 0.717) is 41.4 Å². The van der Waals surface area contributed by atoms with E-state index in [1.54, 1.807) is 30.3 Å². The van der Waals surface area contributed by atoms with Crippen LogP contribution in [0.4, 0.5) is 0 Å². The van der Waals surface area contributed by atoms with Gasteiger partial charge in [-0.25, -0.2) is 13.2 Å². The summed E-state index contributed by atoms with van der Waals surface area (Å²) in [5, 5.41) is 0. The number of carbonyl (C=O) groups excluding carboxylic acids is 1. The molecule has 5 rings (SSSR count). The van der Waals surface area contributed by atoms with E-state index >= 15 is 0 Å². The number of hydrogen-bond donors (Lipinski definition) is 0. The summed E-state index contributed by atoms with van der Waals surface area (Å²) >= 11 is 0. The average Bonchev–Trinajstić information content (AvgIpc) is 2.85. The van der Waals surface area contributed by atoms with Crippen molar-refractivity contribution in [2.24, 2.45) is 0 Å². The topological polar surface area (TPSA) is 72.9 Å². The molecule has 2 aliphatic heterocycles. The Hall–Kier alpha value is -3.58. The molecule has 0 radical (unpaired) electrons. The summed E-state index contributed by atoms with van der Waals surface area (Å²) in [6.45, 7) is 4.46. The lowest BCUT2D eigenvalue weighted by Gasteiger charge is -2.39. The van der Waals surface area contributed by atoms with Gasteiger partial charge in [-0.3, -0.25) is 4.31 Å². The Kier molecular flexibility index (Phi) is 5.65. The third kappa shape index (κ3) is 3.66. The van der Waals surface area contributed by atoms with E-state index in [2.05, 4.69) is 0 Å². The van der Waals surface area contributed by atoms with Gasteiger partial charge in [-0.05, 0) is 44.0 Å². The highest BCUT2D eigenvalue weighted by Gasteiger charge is 2.44. The van der Waals surface area contributed by atoms with E-state index in [0.717, 1.165) is 11.1 Å². The normalized spacial score (nSPS) is 17.6. The van der Waals surface area contributed by atoms with Gasteiger partial charge in [0, 0.05) is 18.0 Å². The Balaban J connectivity index is 1.72. The fourth-order valence-electron chi connectivity index (χ4n) is 4.66. The van der Waals surface area contributed by atoms with Gasteiger partial charge in [-0.1, -0.05) is 60.2 Å². The van der Waals surface area contributed by atoms with Crippen molar-refractivity contribution in [1.82, 2.24) is 4.31 Å². The molecule has 6 nitrogen and oxygen atoms in total. The Morgan fingerprint density at radius 1 is 1.00 bits per heavy atom. The van der Waals surface area contributed by atoms with Crippen LogP contribution >= 0.6 is 0 Å². The fourth-order valence-corrected chi connectivity index (χ4v) is 6.18. The molecule has 0 aromatic heterocycles. The molecule has 0 spiro atoms. The van der Waals surface area contributed by atoms with Crippen molar-refractivity contribution in [2.75, 3.05) is 13.2 Å². The van der Waals surface area contributed by atoms with Crippen molar-refractivity contribution in [3.8, 4) is 11.5 Å². The summed E-state index contributed by atoms with van der Waals surface area (Å²) in [4.78, 5) is 13.6. The molecular formula is C27H25NO5S. The summed E-state index contributed by atoms with van der Waals surface area (Å²) in [5.41, 5.74) is 3.18. The van der Waals surface area contributed by atoms with Gasteiger partial charge in [-0.15, -0.1) is 0 Å². The molecule has 7 heteroatoms. The molecule has 2 heterocycles. The number of nitrogens with zero attached hydrogens (tertiary/aromatic N) is 1. The predicted molar refractivity (Wildman–Crippen MR) is 129 cm³/mol. The minimum atomic E-state index is -3.90. The SMILES string of the molecule is CCOc1cccc2c1OC(=O)C1=C(c3ccccc3)N(S(=O)(=O)c3ccc(C)cc3)CC[C@H]12. The Labute approximate surface area is 199 Å². The third-order valence-corrected chi connectivity index (χ3v) is 8.04. The maximum Gasteiger partial charge on any atom is 0.342 e. The lowest BCUT2D eigenvalue weighted by molar-refractivity contribution is -0.131. The molecule has 1 atom stereocenters. The van der Waals surface area contributed by atoms with E-state index in [-0.39, 0.29) is 17.4 Å². The zero-order valence-corrected chi connectivity index (χ0v) is 19.8. The first-order valence-corrected chi connectivity index (χ1v) is 12.7. The highest BCUT2D eigenvalue weighted by atomic mass is 32.2. The number of aryl methyl sites for hydroxylation is 1. The van der Waals surface area contributed by atoms with Crippen LogP contribution in [-0.4, -0.2) is 31.8 Å². The molecular weight excluding hydrogens is 450 g/mol. The number of ether oxygens (including phenoxy) is 2. The highest BCUT2D eigenvalue weighted by Crippen LogP contribution is 2.50. The maximum atomic E-state index is 13.8. The lowest BCUT2D eigenvalue weighted by atomic mass is 9.81. The van der Waals surface area contributed by atoms with Crippen molar-refractivity contribution in [1.29, 1.82) is 0 Å². The van der Waals surface area contributed by atoms with Gasteiger partial charge in [0.15, 0.2) is 11.5 Å². The molecule has 0 aliphatic carbocycles. The minimum Gasteiger partial charge on any atom is -0.490 e. The summed E-state index contributed by atoms with van der Waals surface area (Å²) in [6.07, 6.45) is 0.453. The molecule has 0 unspecified atom stereocenters.